The molecule has 2 rings (SSSR count). The fourth-order valence-electron chi connectivity index (χ4n) is 1.28. The van der Waals surface area contributed by atoms with Crippen molar-refractivity contribution >= 4 is 6.08 Å². The first-order chi connectivity index (χ1) is 7.22. The summed E-state index contributed by atoms with van der Waals surface area (Å²) in [7, 11) is 0. The van der Waals surface area contributed by atoms with Crippen LogP contribution in [-0.4, -0.2) is 10.2 Å². The van der Waals surface area contributed by atoms with Crippen LogP contribution >= 0.6 is 0 Å². The lowest BCUT2D eigenvalue weighted by Crippen LogP contribution is -1.93. The Labute approximate surface area is 84.1 Å². The second-order valence-electron chi connectivity index (χ2n) is 2.82. The van der Waals surface area contributed by atoms with Gasteiger partial charge in [-0.1, -0.05) is 18.7 Å². The number of benzene rings is 1. The van der Waals surface area contributed by atoms with Crippen molar-refractivity contribution in [2.45, 2.75) is 0 Å². The molecule has 0 unspecified atom stereocenters. The van der Waals surface area contributed by atoms with E-state index in [2.05, 4.69) is 16.8 Å². The average molecular weight is 206 g/mol. The number of hydrogen-bond acceptors (Lipinski definition) is 3. The summed E-state index contributed by atoms with van der Waals surface area (Å²) >= 11 is 0. The maximum absolute atomic E-state index is 13.3. The van der Waals surface area contributed by atoms with E-state index in [1.165, 1.54) is 18.2 Å². The molecule has 0 aliphatic heterocycles. The van der Waals surface area contributed by atoms with Gasteiger partial charge in [-0.25, -0.2) is 14.3 Å². The van der Waals surface area contributed by atoms with Gasteiger partial charge in [0.25, 0.3) is 0 Å². The molecule has 1 N–H and O–H groups in total. The van der Waals surface area contributed by atoms with Gasteiger partial charge in [-0.15, -0.1) is 5.10 Å². The Morgan fingerprint density at radius 1 is 1.53 bits per heavy atom. The molecule has 0 fully saturated rings. The lowest BCUT2D eigenvalue weighted by Gasteiger charge is -2.01. The molecule has 0 saturated heterocycles. The van der Waals surface area contributed by atoms with Gasteiger partial charge in [0.05, 0.1) is 0 Å². The number of nitrogens with zero attached hydrogens (tertiary/aromatic N) is 1. The highest BCUT2D eigenvalue weighted by atomic mass is 19.1. The van der Waals surface area contributed by atoms with E-state index >= 15 is 0 Å². The molecule has 5 heteroatoms. The molecule has 4 nitrogen and oxygen atoms in total. The van der Waals surface area contributed by atoms with Crippen LogP contribution in [0.15, 0.2) is 34.0 Å². The lowest BCUT2D eigenvalue weighted by atomic mass is 10.1. The Morgan fingerprint density at radius 2 is 2.33 bits per heavy atom. The Hall–Kier alpha value is -2.17. The van der Waals surface area contributed by atoms with Crippen LogP contribution in [-0.2, 0) is 0 Å². The topological polar surface area (TPSA) is 58.9 Å². The number of hydrogen-bond donors (Lipinski definition) is 1. The molecule has 76 valence electrons. The number of rotatable bonds is 2. The molecule has 2 aromatic rings. The first-order valence-corrected chi connectivity index (χ1v) is 4.19. The Morgan fingerprint density at radius 3 is 2.93 bits per heavy atom. The van der Waals surface area contributed by atoms with Crippen LogP contribution in [0.3, 0.4) is 0 Å². The first-order valence-electron chi connectivity index (χ1n) is 4.19. The van der Waals surface area contributed by atoms with Crippen molar-refractivity contribution in [1.82, 2.24) is 10.2 Å². The standard InChI is InChI=1S/C10H7FN2O2/c1-2-6-7(4-3-5-8(6)11)9-12-13-10(14)15-9/h2-5H,1H2,(H,13,14). The maximum atomic E-state index is 13.3. The highest BCUT2D eigenvalue weighted by Gasteiger charge is 2.11. The molecule has 0 radical (unpaired) electrons. The summed E-state index contributed by atoms with van der Waals surface area (Å²) in [5.41, 5.74) is 0.649. The van der Waals surface area contributed by atoms with Gasteiger partial charge in [0.2, 0.25) is 5.89 Å². The van der Waals surface area contributed by atoms with Crippen LogP contribution in [0.2, 0.25) is 0 Å². The highest BCUT2D eigenvalue weighted by molar-refractivity contribution is 5.69. The quantitative estimate of drug-likeness (QED) is 0.815. The van der Waals surface area contributed by atoms with E-state index in [0.29, 0.717) is 5.56 Å². The average Bonchev–Trinajstić information content (AvgIpc) is 2.64. The number of H-pyrrole nitrogens is 1. The highest BCUT2D eigenvalue weighted by Crippen LogP contribution is 2.23. The van der Waals surface area contributed by atoms with E-state index in [1.807, 2.05) is 0 Å². The van der Waals surface area contributed by atoms with Crippen LogP contribution in [0.4, 0.5) is 4.39 Å². The number of nitrogens with one attached hydrogen (secondary N) is 1. The van der Waals surface area contributed by atoms with E-state index in [9.17, 15) is 9.18 Å². The third-order valence-electron chi connectivity index (χ3n) is 1.93. The van der Waals surface area contributed by atoms with Gasteiger partial charge in [-0.2, -0.15) is 0 Å². The summed E-state index contributed by atoms with van der Waals surface area (Å²) in [4.78, 5) is 10.7. The fraction of sp³-hybridized carbons (Fsp3) is 0. The van der Waals surface area contributed by atoms with Crippen molar-refractivity contribution in [2.75, 3.05) is 0 Å². The molecular formula is C10H7FN2O2. The minimum Gasteiger partial charge on any atom is -0.388 e. The van der Waals surface area contributed by atoms with E-state index in [0.717, 1.165) is 0 Å². The van der Waals surface area contributed by atoms with Crippen LogP contribution in [0.25, 0.3) is 17.5 Å². The van der Waals surface area contributed by atoms with Crippen molar-refractivity contribution in [1.29, 1.82) is 0 Å². The summed E-state index contributed by atoms with van der Waals surface area (Å²) < 4.78 is 18.0. The number of halogens is 1. The molecule has 0 atom stereocenters. The zero-order valence-electron chi connectivity index (χ0n) is 7.66. The van der Waals surface area contributed by atoms with Crippen molar-refractivity contribution < 1.29 is 8.81 Å². The van der Waals surface area contributed by atoms with Gasteiger partial charge < -0.3 is 4.42 Å². The van der Waals surface area contributed by atoms with Crippen LogP contribution < -0.4 is 5.76 Å². The third kappa shape index (κ3) is 1.59. The van der Waals surface area contributed by atoms with Crippen molar-refractivity contribution in [3.8, 4) is 11.5 Å². The molecular weight excluding hydrogens is 199 g/mol. The van der Waals surface area contributed by atoms with Gasteiger partial charge in [0.1, 0.15) is 5.82 Å². The largest absolute Gasteiger partial charge is 0.434 e. The minimum atomic E-state index is -0.677. The summed E-state index contributed by atoms with van der Waals surface area (Å²) in [5.74, 6) is -1.06. The second-order valence-corrected chi connectivity index (χ2v) is 2.82. The number of aromatic amines is 1. The smallest absolute Gasteiger partial charge is 0.388 e. The van der Waals surface area contributed by atoms with Crippen molar-refractivity contribution in [3.05, 3.63) is 46.7 Å². The van der Waals surface area contributed by atoms with Gasteiger partial charge in [-0.05, 0) is 12.1 Å². The molecule has 0 spiro atoms. The molecule has 1 aromatic heterocycles. The van der Waals surface area contributed by atoms with Crippen LogP contribution in [0, 0.1) is 5.82 Å². The van der Waals surface area contributed by atoms with E-state index in [4.69, 9.17) is 4.42 Å². The van der Waals surface area contributed by atoms with Gasteiger partial charge >= 0.3 is 5.76 Å². The zero-order chi connectivity index (χ0) is 10.8. The monoisotopic (exact) mass is 206 g/mol. The lowest BCUT2D eigenvalue weighted by molar-refractivity contribution is 0.526. The predicted octanol–water partition coefficient (Wildman–Crippen LogP) is 1.81. The molecule has 0 amide bonds. The molecule has 1 heterocycles. The van der Waals surface area contributed by atoms with E-state index in [-0.39, 0.29) is 11.5 Å². The van der Waals surface area contributed by atoms with Gasteiger partial charge in [-0.3, -0.25) is 0 Å². The van der Waals surface area contributed by atoms with Crippen molar-refractivity contribution in [2.24, 2.45) is 0 Å². The Kier molecular flexibility index (Phi) is 2.21. The SMILES string of the molecule is C=Cc1c(F)cccc1-c1n[nH]c(=O)o1. The fourth-order valence-corrected chi connectivity index (χ4v) is 1.28. The van der Waals surface area contributed by atoms with Gasteiger partial charge in [0, 0.05) is 11.1 Å². The van der Waals surface area contributed by atoms with E-state index in [1.54, 1.807) is 6.07 Å². The zero-order valence-corrected chi connectivity index (χ0v) is 7.66. The Bertz CT molecular complexity index is 557. The molecule has 0 aliphatic carbocycles. The summed E-state index contributed by atoms with van der Waals surface area (Å²) in [6.07, 6.45) is 1.35. The Balaban J connectivity index is 2.67. The molecule has 1 aromatic carbocycles. The molecule has 15 heavy (non-hydrogen) atoms. The van der Waals surface area contributed by atoms with Crippen LogP contribution in [0.1, 0.15) is 5.56 Å². The minimum absolute atomic E-state index is 0.0504. The molecule has 0 aliphatic rings. The summed E-state index contributed by atoms with van der Waals surface area (Å²) in [6, 6.07) is 4.40. The van der Waals surface area contributed by atoms with Crippen molar-refractivity contribution in [3.63, 3.8) is 0 Å². The number of aromatic nitrogens is 2. The molecule has 0 bridgehead atoms. The third-order valence-corrected chi connectivity index (χ3v) is 1.93. The molecule has 0 saturated carbocycles. The normalized spacial score (nSPS) is 10.2. The van der Waals surface area contributed by atoms with E-state index < -0.39 is 11.6 Å². The predicted molar refractivity (Wildman–Crippen MR) is 52.6 cm³/mol. The second kappa shape index (κ2) is 3.53. The summed E-state index contributed by atoms with van der Waals surface area (Å²) in [6.45, 7) is 3.49. The van der Waals surface area contributed by atoms with Crippen LogP contribution in [0.5, 0.6) is 0 Å². The first kappa shape index (κ1) is 9.39. The van der Waals surface area contributed by atoms with Gasteiger partial charge in [0.15, 0.2) is 0 Å². The summed E-state index contributed by atoms with van der Waals surface area (Å²) in [5, 5.41) is 5.73. The maximum Gasteiger partial charge on any atom is 0.434 e.